The Bertz CT molecular complexity index is 850. The van der Waals surface area contributed by atoms with E-state index >= 15 is 0 Å². The number of rotatable bonds is 4. The van der Waals surface area contributed by atoms with E-state index in [9.17, 15) is 4.79 Å². The number of amides is 1. The Kier molecular flexibility index (Phi) is 4.17. The van der Waals surface area contributed by atoms with Crippen molar-refractivity contribution < 1.29 is 4.79 Å². The molecular formula is C17H17N5OS. The summed E-state index contributed by atoms with van der Waals surface area (Å²) < 4.78 is 0. The molecule has 6 nitrogen and oxygen atoms in total. The summed E-state index contributed by atoms with van der Waals surface area (Å²) in [6.07, 6.45) is 4.98. The summed E-state index contributed by atoms with van der Waals surface area (Å²) in [4.78, 5) is 30.4. The molecule has 1 fully saturated rings. The molecule has 3 heterocycles. The zero-order valence-corrected chi connectivity index (χ0v) is 13.9. The molecule has 0 radical (unpaired) electrons. The van der Waals surface area contributed by atoms with Gasteiger partial charge in [0.05, 0.1) is 11.6 Å². The SMILES string of the molecule is O=C1[C@@H](Sc2ncnc3nc[nH]c23)CCCN1Cc1ccccc1. The summed E-state index contributed by atoms with van der Waals surface area (Å²) in [5.74, 6) is 0.182. The molecule has 2 aromatic heterocycles. The lowest BCUT2D eigenvalue weighted by molar-refractivity contribution is -0.133. The van der Waals surface area contributed by atoms with Gasteiger partial charge in [-0.2, -0.15) is 0 Å². The first kappa shape index (κ1) is 15.1. The van der Waals surface area contributed by atoms with Crippen molar-refractivity contribution in [3.8, 4) is 0 Å². The minimum atomic E-state index is -0.108. The standard InChI is InChI=1S/C17H17N5OS/c23-17-13(24-16-14-15(19-10-18-14)20-11-21-16)7-4-8-22(17)9-12-5-2-1-3-6-12/h1-3,5-6,10-11,13H,4,7-9H2,(H,18,19,20,21)/t13-/m0/s1. The van der Waals surface area contributed by atoms with Gasteiger partial charge in [0.25, 0.3) is 0 Å². The summed E-state index contributed by atoms with van der Waals surface area (Å²) in [7, 11) is 0. The molecule has 0 aliphatic carbocycles. The monoisotopic (exact) mass is 339 g/mol. The van der Waals surface area contributed by atoms with E-state index in [4.69, 9.17) is 0 Å². The maximum absolute atomic E-state index is 12.8. The van der Waals surface area contributed by atoms with Crippen molar-refractivity contribution in [2.45, 2.75) is 29.7 Å². The lowest BCUT2D eigenvalue weighted by atomic mass is 10.1. The van der Waals surface area contributed by atoms with Gasteiger partial charge in [0, 0.05) is 13.1 Å². The van der Waals surface area contributed by atoms with Gasteiger partial charge in [0.2, 0.25) is 5.91 Å². The molecule has 1 atom stereocenters. The third-order valence-electron chi connectivity index (χ3n) is 4.14. The smallest absolute Gasteiger partial charge is 0.236 e. The second-order valence-corrected chi connectivity index (χ2v) is 6.97. The maximum Gasteiger partial charge on any atom is 0.236 e. The second kappa shape index (κ2) is 6.60. The zero-order chi connectivity index (χ0) is 16.4. The van der Waals surface area contributed by atoms with Crippen LogP contribution in [0.1, 0.15) is 18.4 Å². The van der Waals surface area contributed by atoms with Crippen molar-refractivity contribution in [2.24, 2.45) is 0 Å². The fraction of sp³-hybridized carbons (Fsp3) is 0.294. The number of imidazole rings is 1. The molecule has 122 valence electrons. The van der Waals surface area contributed by atoms with Gasteiger partial charge in [-0.25, -0.2) is 15.0 Å². The minimum absolute atomic E-state index is 0.108. The van der Waals surface area contributed by atoms with Crippen LogP contribution in [-0.4, -0.2) is 42.5 Å². The number of benzene rings is 1. The Morgan fingerprint density at radius 3 is 2.96 bits per heavy atom. The summed E-state index contributed by atoms with van der Waals surface area (Å²) in [5.41, 5.74) is 2.60. The highest BCUT2D eigenvalue weighted by Crippen LogP contribution is 2.32. The Morgan fingerprint density at radius 1 is 1.21 bits per heavy atom. The van der Waals surface area contributed by atoms with Crippen molar-refractivity contribution in [3.05, 3.63) is 48.5 Å². The molecule has 24 heavy (non-hydrogen) atoms. The van der Waals surface area contributed by atoms with Crippen LogP contribution in [0.15, 0.2) is 48.0 Å². The summed E-state index contributed by atoms with van der Waals surface area (Å²) in [5, 5.41) is 0.682. The molecule has 7 heteroatoms. The van der Waals surface area contributed by atoms with Crippen LogP contribution in [0.5, 0.6) is 0 Å². The Balaban J connectivity index is 1.51. The van der Waals surface area contributed by atoms with E-state index < -0.39 is 0 Å². The minimum Gasteiger partial charge on any atom is -0.341 e. The van der Waals surface area contributed by atoms with Crippen LogP contribution >= 0.6 is 11.8 Å². The molecular weight excluding hydrogens is 322 g/mol. The number of nitrogens with one attached hydrogen (secondary N) is 1. The quantitative estimate of drug-likeness (QED) is 0.740. The number of fused-ring (bicyclic) bond motifs is 1. The Labute approximate surface area is 143 Å². The number of thioether (sulfide) groups is 1. The third kappa shape index (κ3) is 2.99. The van der Waals surface area contributed by atoms with Crippen molar-refractivity contribution in [2.75, 3.05) is 6.54 Å². The van der Waals surface area contributed by atoms with E-state index in [-0.39, 0.29) is 11.2 Å². The number of likely N-dealkylation sites (tertiary alicyclic amines) is 1. The molecule has 3 aromatic rings. The highest BCUT2D eigenvalue weighted by Gasteiger charge is 2.30. The highest BCUT2D eigenvalue weighted by molar-refractivity contribution is 8.00. The van der Waals surface area contributed by atoms with Crippen LogP contribution in [0.3, 0.4) is 0 Å². The summed E-state index contributed by atoms with van der Waals surface area (Å²) in [6.45, 7) is 1.48. The molecule has 1 saturated heterocycles. The van der Waals surface area contributed by atoms with Crippen LogP contribution in [-0.2, 0) is 11.3 Å². The number of carbonyl (C=O) groups excluding carboxylic acids is 1. The number of nitrogens with zero attached hydrogens (tertiary/aromatic N) is 4. The molecule has 0 spiro atoms. The lowest BCUT2D eigenvalue weighted by Crippen LogP contribution is -2.42. The second-order valence-electron chi connectivity index (χ2n) is 5.77. The Hall–Kier alpha value is -2.41. The fourth-order valence-electron chi connectivity index (χ4n) is 2.94. The van der Waals surface area contributed by atoms with Crippen molar-refractivity contribution in [1.29, 1.82) is 0 Å². The largest absolute Gasteiger partial charge is 0.341 e. The summed E-state index contributed by atoms with van der Waals surface area (Å²) >= 11 is 1.51. The first-order chi connectivity index (χ1) is 11.8. The molecule has 1 N–H and O–H groups in total. The van der Waals surface area contributed by atoms with Gasteiger partial charge in [0.15, 0.2) is 5.65 Å². The number of H-pyrrole nitrogens is 1. The number of hydrogen-bond acceptors (Lipinski definition) is 5. The normalized spacial score (nSPS) is 18.2. The van der Waals surface area contributed by atoms with E-state index in [0.717, 1.165) is 35.5 Å². The molecule has 1 aliphatic rings. The van der Waals surface area contributed by atoms with Gasteiger partial charge in [0.1, 0.15) is 16.9 Å². The average Bonchev–Trinajstić information content (AvgIpc) is 3.09. The molecule has 0 unspecified atom stereocenters. The maximum atomic E-state index is 12.8. The molecule has 1 aliphatic heterocycles. The van der Waals surface area contributed by atoms with E-state index in [1.54, 1.807) is 6.33 Å². The zero-order valence-electron chi connectivity index (χ0n) is 13.1. The molecule has 1 aromatic carbocycles. The fourth-order valence-corrected chi connectivity index (χ4v) is 4.12. The number of aromatic amines is 1. The number of carbonyl (C=O) groups is 1. The average molecular weight is 339 g/mol. The number of aromatic nitrogens is 4. The first-order valence-electron chi connectivity index (χ1n) is 7.95. The van der Waals surface area contributed by atoms with Crippen molar-refractivity contribution in [1.82, 2.24) is 24.8 Å². The van der Waals surface area contributed by atoms with E-state index in [1.165, 1.54) is 18.1 Å². The number of piperidine rings is 1. The summed E-state index contributed by atoms with van der Waals surface area (Å²) in [6, 6.07) is 10.1. The van der Waals surface area contributed by atoms with Gasteiger partial charge in [-0.05, 0) is 18.4 Å². The van der Waals surface area contributed by atoms with Crippen LogP contribution in [0.25, 0.3) is 11.2 Å². The van der Waals surface area contributed by atoms with Gasteiger partial charge >= 0.3 is 0 Å². The van der Waals surface area contributed by atoms with Crippen molar-refractivity contribution >= 4 is 28.8 Å². The van der Waals surface area contributed by atoms with E-state index in [0.29, 0.717) is 12.2 Å². The first-order valence-corrected chi connectivity index (χ1v) is 8.82. The predicted molar refractivity (Wildman–Crippen MR) is 92.4 cm³/mol. The molecule has 0 saturated carbocycles. The molecule has 0 bridgehead atoms. The molecule has 4 rings (SSSR count). The van der Waals surface area contributed by atoms with Crippen LogP contribution in [0.4, 0.5) is 0 Å². The van der Waals surface area contributed by atoms with Gasteiger partial charge in [-0.1, -0.05) is 42.1 Å². The highest BCUT2D eigenvalue weighted by atomic mass is 32.2. The third-order valence-corrected chi connectivity index (χ3v) is 5.39. The van der Waals surface area contributed by atoms with Gasteiger partial charge in [-0.3, -0.25) is 4.79 Å². The van der Waals surface area contributed by atoms with Gasteiger partial charge < -0.3 is 9.88 Å². The topological polar surface area (TPSA) is 74.8 Å². The Morgan fingerprint density at radius 2 is 2.08 bits per heavy atom. The van der Waals surface area contributed by atoms with Crippen LogP contribution in [0.2, 0.25) is 0 Å². The predicted octanol–water partition coefficient (Wildman–Crippen LogP) is 2.64. The van der Waals surface area contributed by atoms with E-state index in [1.807, 2.05) is 23.1 Å². The van der Waals surface area contributed by atoms with Gasteiger partial charge in [-0.15, -0.1) is 0 Å². The van der Waals surface area contributed by atoms with E-state index in [2.05, 4.69) is 32.1 Å². The molecule has 1 amide bonds. The van der Waals surface area contributed by atoms with Crippen molar-refractivity contribution in [3.63, 3.8) is 0 Å². The number of hydrogen-bond donors (Lipinski definition) is 1. The van der Waals surface area contributed by atoms with Crippen LogP contribution in [0, 0.1) is 0 Å². The lowest BCUT2D eigenvalue weighted by Gasteiger charge is -2.31. The van der Waals surface area contributed by atoms with Crippen LogP contribution < -0.4 is 0 Å².